The molecule has 2 aromatic rings. The molecule has 0 heterocycles. The summed E-state index contributed by atoms with van der Waals surface area (Å²) in [6.45, 7) is 4.59. The topological polar surface area (TPSA) is 288 Å². The maximum absolute atomic E-state index is 12.5. The number of hydrogen-bond acceptors (Lipinski definition) is 15. The first-order valence-corrected chi connectivity index (χ1v) is 12.2. The van der Waals surface area contributed by atoms with Gasteiger partial charge in [-0.1, -0.05) is 48.6 Å². The Labute approximate surface area is 292 Å². The number of rotatable bonds is 8. The summed E-state index contributed by atoms with van der Waals surface area (Å²) in [6.07, 6.45) is 7.23. The molecule has 18 nitrogen and oxygen atoms in total. The molecule has 1 aliphatic carbocycles. The van der Waals surface area contributed by atoms with Gasteiger partial charge in [0.2, 0.25) is 0 Å². The van der Waals surface area contributed by atoms with Gasteiger partial charge in [-0.25, -0.2) is 0 Å². The Bertz CT molecular complexity index is 1090. The predicted octanol–water partition coefficient (Wildman–Crippen LogP) is 2.76. The molecular formula is C24H28CuN5O13Tb. The summed E-state index contributed by atoms with van der Waals surface area (Å²) in [5.74, 6) is 0.388. The summed E-state index contributed by atoms with van der Waals surface area (Å²) < 4.78 is 10.8. The second-order valence-electron chi connectivity index (χ2n) is 7.86. The zero-order valence-electron chi connectivity index (χ0n) is 23.2. The quantitative estimate of drug-likeness (QED) is 0.160. The maximum Gasteiger partial charge on any atom is 3.00 e. The van der Waals surface area contributed by atoms with Crippen molar-refractivity contribution in [3.8, 4) is 23.0 Å². The molecule has 0 aromatic heterocycles. The first-order chi connectivity index (χ1) is 19.8. The van der Waals surface area contributed by atoms with Crippen molar-refractivity contribution in [2.75, 3.05) is 13.2 Å². The molecule has 2 atom stereocenters. The molecule has 0 amide bonds. The molecule has 20 heteroatoms. The first kappa shape index (κ1) is 44.8. The van der Waals surface area contributed by atoms with Crippen molar-refractivity contribution < 1.29 is 90.6 Å². The van der Waals surface area contributed by atoms with Crippen molar-refractivity contribution in [3.05, 3.63) is 93.5 Å². The van der Waals surface area contributed by atoms with Gasteiger partial charge in [-0.15, -0.1) is 0 Å². The van der Waals surface area contributed by atoms with Crippen molar-refractivity contribution in [1.82, 2.24) is 0 Å². The predicted molar refractivity (Wildman–Crippen MR) is 146 cm³/mol. The molecule has 1 fully saturated rings. The van der Waals surface area contributed by atoms with E-state index in [9.17, 15) is 10.2 Å². The van der Waals surface area contributed by atoms with E-state index in [-0.39, 0.29) is 79.3 Å². The van der Waals surface area contributed by atoms with Crippen molar-refractivity contribution in [2.24, 2.45) is 9.98 Å². The van der Waals surface area contributed by atoms with E-state index in [1.807, 2.05) is 13.8 Å². The van der Waals surface area contributed by atoms with Gasteiger partial charge in [0.1, 0.15) is 11.5 Å². The van der Waals surface area contributed by atoms with E-state index in [4.69, 9.17) is 55.4 Å². The molecule has 0 spiro atoms. The van der Waals surface area contributed by atoms with E-state index in [0.717, 1.165) is 25.7 Å². The minimum atomic E-state index is -1.75. The SMILES string of the molecule is CCOc1cccc(C=N[C@H]2CCCC[C@@H]2N=Cc2cccc(OCC)c2[O-])c1[O-].O=[N+]([O-])[O-].O=[N+]([O-])[O-].O=[N+]([O-])[O-].[Cu+2].[Tb+3]. The molecule has 1 radical (unpaired) electrons. The number of ether oxygens (including phenoxy) is 2. The van der Waals surface area contributed by atoms with Gasteiger partial charge in [0, 0.05) is 12.4 Å². The minimum absolute atomic E-state index is 0. The van der Waals surface area contributed by atoms with Crippen molar-refractivity contribution in [3.63, 3.8) is 0 Å². The van der Waals surface area contributed by atoms with Crippen LogP contribution in [0.4, 0.5) is 0 Å². The van der Waals surface area contributed by atoms with Crippen LogP contribution in [0.3, 0.4) is 0 Å². The van der Waals surface area contributed by atoms with E-state index >= 15 is 0 Å². The Morgan fingerprint density at radius 3 is 1.27 bits per heavy atom. The van der Waals surface area contributed by atoms with Crippen LogP contribution in [0.25, 0.3) is 0 Å². The number of benzene rings is 2. The smallest absolute Gasteiger partial charge is 0.870 e. The van der Waals surface area contributed by atoms with Crippen LogP contribution in [0.2, 0.25) is 0 Å². The molecule has 247 valence electrons. The van der Waals surface area contributed by atoms with Gasteiger partial charge in [-0.05, 0) is 49.9 Å². The molecule has 0 unspecified atom stereocenters. The van der Waals surface area contributed by atoms with Gasteiger partial charge in [-0.3, -0.25) is 9.98 Å². The normalized spacial score (nSPS) is 14.9. The standard InChI is InChI=1S/C24H30N2O4.Cu.3NO3.Tb/c1-3-29-21-13-7-9-17(23(21)27)15-25-19-11-5-6-12-20(19)26-16-18-10-8-14-22(24(18)28)30-4-2;;3*2-1(3)4;/h7-10,13-16,19-20,27-28H,3-6,11-12H2,1-2H3;;;;;/q;+2;3*-1;+3/p-2/t19-,20-;;;;;/m0...../s1. The van der Waals surface area contributed by atoms with Crippen LogP contribution in [-0.4, -0.2) is 53.0 Å². The van der Waals surface area contributed by atoms with E-state index in [1.165, 1.54) is 0 Å². The average Bonchev–Trinajstić information content (AvgIpc) is 2.89. The van der Waals surface area contributed by atoms with E-state index in [0.29, 0.717) is 35.8 Å². The molecular weight excluding hydrogens is 789 g/mol. The third-order valence-corrected chi connectivity index (χ3v) is 5.12. The number of hydrogen-bond donors (Lipinski definition) is 0. The number of para-hydroxylation sites is 2. The Hall–Kier alpha value is -3.61. The fourth-order valence-corrected chi connectivity index (χ4v) is 3.60. The molecule has 3 rings (SSSR count). The van der Waals surface area contributed by atoms with Gasteiger partial charge in [0.25, 0.3) is 0 Å². The Morgan fingerprint density at radius 2 is 1.00 bits per heavy atom. The Balaban J connectivity index is -0.00000103. The summed E-state index contributed by atoms with van der Waals surface area (Å²) in [5.41, 5.74) is 1.03. The second kappa shape index (κ2) is 25.8. The van der Waals surface area contributed by atoms with Gasteiger partial charge in [-0.2, -0.15) is 0 Å². The number of aliphatic imine (C=N–C) groups is 2. The molecule has 44 heavy (non-hydrogen) atoms. The number of nitrogens with zero attached hydrogens (tertiary/aromatic N) is 5. The van der Waals surface area contributed by atoms with Crippen LogP contribution in [-0.2, 0) is 17.1 Å². The zero-order valence-corrected chi connectivity index (χ0v) is 26.3. The third kappa shape index (κ3) is 20.3. The molecule has 1 saturated carbocycles. The van der Waals surface area contributed by atoms with Gasteiger partial charge in [0.05, 0.1) is 40.6 Å². The zero-order chi connectivity index (χ0) is 32.1. The third-order valence-electron chi connectivity index (χ3n) is 5.12. The van der Waals surface area contributed by atoms with Crippen LogP contribution in [0.5, 0.6) is 23.0 Å². The molecule has 1 aliphatic rings. The van der Waals surface area contributed by atoms with Crippen LogP contribution in [0.1, 0.15) is 50.7 Å². The van der Waals surface area contributed by atoms with Crippen LogP contribution in [0.15, 0.2) is 46.4 Å². The molecule has 0 saturated heterocycles. The second-order valence-corrected chi connectivity index (χ2v) is 7.86. The van der Waals surface area contributed by atoms with E-state index < -0.39 is 15.3 Å². The van der Waals surface area contributed by atoms with E-state index in [2.05, 4.69) is 9.98 Å². The molecule has 0 bridgehead atoms. The summed E-state index contributed by atoms with van der Waals surface area (Å²) >= 11 is 0. The Kier molecular flexibility index (Phi) is 26.3. The van der Waals surface area contributed by atoms with Crippen LogP contribution >= 0.6 is 0 Å². The van der Waals surface area contributed by atoms with Crippen LogP contribution in [0, 0.1) is 84.6 Å². The largest absolute Gasteiger partial charge is 3.00 e. The van der Waals surface area contributed by atoms with Gasteiger partial charge in [0.15, 0.2) is 0 Å². The molecule has 2 aromatic carbocycles. The Morgan fingerprint density at radius 1 is 0.705 bits per heavy atom. The first-order valence-electron chi connectivity index (χ1n) is 12.2. The van der Waals surface area contributed by atoms with Crippen LogP contribution < -0.4 is 19.7 Å². The van der Waals surface area contributed by atoms with Gasteiger partial charge < -0.3 is 65.7 Å². The average molecular weight is 817 g/mol. The fraction of sp³-hybridized carbons (Fsp3) is 0.417. The summed E-state index contributed by atoms with van der Waals surface area (Å²) in [5, 5.41) is 69.2. The van der Waals surface area contributed by atoms with Gasteiger partial charge >= 0.3 is 55.7 Å². The summed E-state index contributed by atoms with van der Waals surface area (Å²) in [7, 11) is 0. The summed E-state index contributed by atoms with van der Waals surface area (Å²) in [4.78, 5) is 34.1. The summed E-state index contributed by atoms with van der Waals surface area (Å²) in [6, 6.07) is 10.4. The molecule has 0 N–H and O–H groups in total. The van der Waals surface area contributed by atoms with Crippen molar-refractivity contribution >= 4 is 12.4 Å². The van der Waals surface area contributed by atoms with Crippen molar-refractivity contribution in [1.29, 1.82) is 0 Å². The minimum Gasteiger partial charge on any atom is -0.870 e. The maximum atomic E-state index is 12.5. The monoisotopic (exact) mass is 816 g/mol. The molecule has 0 aliphatic heterocycles. The fourth-order valence-electron chi connectivity index (χ4n) is 3.60. The van der Waals surface area contributed by atoms with E-state index in [1.54, 1.807) is 48.8 Å². The van der Waals surface area contributed by atoms with Crippen molar-refractivity contribution in [2.45, 2.75) is 51.6 Å².